The second kappa shape index (κ2) is 10.2. The first-order valence-corrected chi connectivity index (χ1v) is 10.9. The van der Waals surface area contributed by atoms with Gasteiger partial charge < -0.3 is 4.90 Å². The molecule has 172 valence electrons. The molecule has 0 fully saturated rings. The Balaban J connectivity index is 1.52. The number of carbonyl (C=O) groups is 2. The van der Waals surface area contributed by atoms with E-state index >= 15 is 0 Å². The topological polar surface area (TPSA) is 96.3 Å². The number of rotatable bonds is 6. The van der Waals surface area contributed by atoms with E-state index in [1.54, 1.807) is 54.4 Å². The maximum Gasteiger partial charge on any atom is 0.269 e. The molecule has 0 unspecified atom stereocenters. The molecule has 0 saturated carbocycles. The van der Waals surface area contributed by atoms with Crippen molar-refractivity contribution < 1.29 is 9.59 Å². The Hall–Kier alpha value is -4.17. The summed E-state index contributed by atoms with van der Waals surface area (Å²) in [7, 11) is 1.66. The van der Waals surface area contributed by atoms with Crippen LogP contribution in [0.3, 0.4) is 0 Å². The normalized spacial score (nSPS) is 10.6. The number of hydrazine groups is 1. The number of amides is 2. The van der Waals surface area contributed by atoms with Crippen LogP contribution in [-0.4, -0.2) is 27.9 Å². The highest BCUT2D eigenvalue weighted by molar-refractivity contribution is 6.30. The number of para-hydroxylation sites is 2. The molecule has 3 aromatic carbocycles. The van der Waals surface area contributed by atoms with Gasteiger partial charge in [-0.25, -0.2) is 4.98 Å². The zero-order chi connectivity index (χ0) is 24.1. The molecule has 0 atom stereocenters. The minimum Gasteiger partial charge on any atom is -0.355 e. The van der Waals surface area contributed by atoms with E-state index in [-0.39, 0.29) is 18.6 Å². The van der Waals surface area contributed by atoms with Gasteiger partial charge in [0.15, 0.2) is 0 Å². The van der Waals surface area contributed by atoms with Gasteiger partial charge in [-0.15, -0.1) is 0 Å². The van der Waals surface area contributed by atoms with Crippen molar-refractivity contribution in [1.29, 1.82) is 0 Å². The molecule has 0 aliphatic heterocycles. The highest BCUT2D eigenvalue weighted by Gasteiger charge is 2.17. The standard InChI is InChI=1S/C25H22ClN5O3/c1-30-22(27-21-10-6-5-9-20(21)25(30)34)15-31(19-7-3-2-4-8-19)16-23(32)28-29-24(33)17-11-13-18(26)14-12-17/h2-14H,15-16H2,1H3,(H,28,32)(H,29,33). The fourth-order valence-corrected chi connectivity index (χ4v) is 3.59. The molecule has 1 aromatic heterocycles. The molecule has 4 aromatic rings. The number of benzene rings is 3. The number of halogens is 1. The monoisotopic (exact) mass is 475 g/mol. The Kier molecular flexibility index (Phi) is 6.89. The lowest BCUT2D eigenvalue weighted by Crippen LogP contribution is -2.46. The second-order valence-electron chi connectivity index (χ2n) is 7.61. The fraction of sp³-hybridized carbons (Fsp3) is 0.120. The number of nitrogens with one attached hydrogen (secondary N) is 2. The van der Waals surface area contributed by atoms with Crippen LogP contribution in [-0.2, 0) is 18.4 Å². The molecule has 0 bridgehead atoms. The first-order chi connectivity index (χ1) is 16.4. The molecule has 9 heteroatoms. The Morgan fingerprint density at radius 1 is 0.941 bits per heavy atom. The Bertz CT molecular complexity index is 1390. The Morgan fingerprint density at radius 2 is 1.62 bits per heavy atom. The van der Waals surface area contributed by atoms with E-state index in [1.165, 1.54) is 4.57 Å². The molecule has 4 rings (SSSR count). The van der Waals surface area contributed by atoms with Crippen LogP contribution >= 0.6 is 11.6 Å². The highest BCUT2D eigenvalue weighted by atomic mass is 35.5. The molecule has 2 N–H and O–H groups in total. The van der Waals surface area contributed by atoms with Crippen LogP contribution < -0.4 is 21.3 Å². The van der Waals surface area contributed by atoms with Crippen molar-refractivity contribution in [1.82, 2.24) is 20.4 Å². The molecule has 2 amide bonds. The average Bonchev–Trinajstić information content (AvgIpc) is 2.86. The summed E-state index contributed by atoms with van der Waals surface area (Å²) in [5.41, 5.74) is 6.40. The third-order valence-electron chi connectivity index (χ3n) is 5.29. The van der Waals surface area contributed by atoms with Crippen LogP contribution in [0.25, 0.3) is 10.9 Å². The van der Waals surface area contributed by atoms with Gasteiger partial charge in [-0.2, -0.15) is 0 Å². The van der Waals surface area contributed by atoms with E-state index in [2.05, 4.69) is 15.8 Å². The number of aromatic nitrogens is 2. The second-order valence-corrected chi connectivity index (χ2v) is 8.05. The minimum atomic E-state index is -0.463. The van der Waals surface area contributed by atoms with Gasteiger partial charge in [0.25, 0.3) is 17.4 Å². The Morgan fingerprint density at radius 3 is 2.35 bits per heavy atom. The molecule has 34 heavy (non-hydrogen) atoms. The van der Waals surface area contributed by atoms with Crippen molar-refractivity contribution in [3.63, 3.8) is 0 Å². The summed E-state index contributed by atoms with van der Waals surface area (Å²) in [4.78, 5) is 44.2. The molecular weight excluding hydrogens is 454 g/mol. The van der Waals surface area contributed by atoms with Crippen LogP contribution in [0.4, 0.5) is 5.69 Å². The lowest BCUT2D eigenvalue weighted by molar-refractivity contribution is -0.120. The van der Waals surface area contributed by atoms with Gasteiger partial charge in [0.05, 0.1) is 24.0 Å². The van der Waals surface area contributed by atoms with Crippen LogP contribution in [0.2, 0.25) is 5.02 Å². The van der Waals surface area contributed by atoms with Crippen molar-refractivity contribution in [2.24, 2.45) is 7.05 Å². The zero-order valence-corrected chi connectivity index (χ0v) is 19.1. The number of fused-ring (bicyclic) bond motifs is 1. The lowest BCUT2D eigenvalue weighted by atomic mass is 10.2. The van der Waals surface area contributed by atoms with Crippen LogP contribution in [0.1, 0.15) is 16.2 Å². The number of hydrogen-bond acceptors (Lipinski definition) is 5. The predicted molar refractivity (Wildman–Crippen MR) is 132 cm³/mol. The van der Waals surface area contributed by atoms with Crippen molar-refractivity contribution in [2.75, 3.05) is 11.4 Å². The van der Waals surface area contributed by atoms with E-state index in [4.69, 9.17) is 11.6 Å². The highest BCUT2D eigenvalue weighted by Crippen LogP contribution is 2.17. The van der Waals surface area contributed by atoms with Crippen molar-refractivity contribution in [3.8, 4) is 0 Å². The van der Waals surface area contributed by atoms with Crippen molar-refractivity contribution in [2.45, 2.75) is 6.54 Å². The van der Waals surface area contributed by atoms with Gasteiger partial charge in [0, 0.05) is 23.3 Å². The third-order valence-corrected chi connectivity index (χ3v) is 5.54. The number of anilines is 1. The van der Waals surface area contributed by atoms with Crippen LogP contribution in [0.5, 0.6) is 0 Å². The molecule has 0 aliphatic rings. The first kappa shape index (κ1) is 23.0. The van der Waals surface area contributed by atoms with Crippen LogP contribution in [0.15, 0.2) is 83.7 Å². The van der Waals surface area contributed by atoms with Gasteiger partial charge in [-0.05, 0) is 48.5 Å². The summed E-state index contributed by atoms with van der Waals surface area (Å²) in [5, 5.41) is 1.04. The third kappa shape index (κ3) is 5.24. The summed E-state index contributed by atoms with van der Waals surface area (Å²) >= 11 is 5.85. The zero-order valence-electron chi connectivity index (χ0n) is 18.4. The molecule has 0 spiro atoms. The van der Waals surface area contributed by atoms with Gasteiger partial charge in [0.2, 0.25) is 0 Å². The lowest BCUT2D eigenvalue weighted by Gasteiger charge is -2.25. The quantitative estimate of drug-likeness (QED) is 0.418. The number of hydrogen-bond donors (Lipinski definition) is 2. The van der Waals surface area contributed by atoms with E-state index in [1.807, 2.05) is 36.4 Å². The smallest absolute Gasteiger partial charge is 0.269 e. The molecule has 0 aliphatic carbocycles. The SMILES string of the molecule is Cn1c(CN(CC(=O)NNC(=O)c2ccc(Cl)cc2)c2ccccc2)nc2ccccc2c1=O. The number of nitrogens with zero attached hydrogens (tertiary/aromatic N) is 3. The van der Waals surface area contributed by atoms with Gasteiger partial charge in [-0.1, -0.05) is 41.9 Å². The summed E-state index contributed by atoms with van der Waals surface area (Å²) in [6.45, 7) is 0.132. The molecule has 8 nitrogen and oxygen atoms in total. The fourth-order valence-electron chi connectivity index (χ4n) is 3.47. The summed E-state index contributed by atoms with van der Waals surface area (Å²) < 4.78 is 1.48. The van der Waals surface area contributed by atoms with E-state index < -0.39 is 11.8 Å². The molecular formula is C25H22ClN5O3. The maximum absolute atomic E-state index is 12.8. The van der Waals surface area contributed by atoms with Gasteiger partial charge >= 0.3 is 0 Å². The van der Waals surface area contributed by atoms with E-state index in [9.17, 15) is 14.4 Å². The van der Waals surface area contributed by atoms with E-state index in [0.29, 0.717) is 27.3 Å². The van der Waals surface area contributed by atoms with E-state index in [0.717, 1.165) is 5.69 Å². The van der Waals surface area contributed by atoms with Crippen molar-refractivity contribution in [3.05, 3.63) is 106 Å². The molecule has 1 heterocycles. The Labute approximate surface area is 200 Å². The average molecular weight is 476 g/mol. The van der Waals surface area contributed by atoms with Gasteiger partial charge in [0.1, 0.15) is 5.82 Å². The molecule has 0 saturated heterocycles. The summed E-state index contributed by atoms with van der Waals surface area (Å²) in [6, 6.07) is 22.8. The van der Waals surface area contributed by atoms with Crippen LogP contribution in [0, 0.1) is 0 Å². The van der Waals surface area contributed by atoms with Crippen molar-refractivity contribution >= 4 is 40.0 Å². The number of carbonyl (C=O) groups excluding carboxylic acids is 2. The maximum atomic E-state index is 12.8. The molecule has 0 radical (unpaired) electrons. The first-order valence-electron chi connectivity index (χ1n) is 10.5. The predicted octanol–water partition coefficient (Wildman–Crippen LogP) is 3.05. The largest absolute Gasteiger partial charge is 0.355 e. The summed E-state index contributed by atoms with van der Waals surface area (Å²) in [6.07, 6.45) is 0. The minimum absolute atomic E-state index is 0.0758. The van der Waals surface area contributed by atoms with Gasteiger partial charge in [-0.3, -0.25) is 29.8 Å². The summed E-state index contributed by atoms with van der Waals surface area (Å²) in [5.74, 6) is -0.391.